The molecule has 0 aliphatic heterocycles. The molecule has 1 amide bonds. The zero-order valence-electron chi connectivity index (χ0n) is 21.5. The molecule has 3 aromatic carbocycles. The lowest BCUT2D eigenvalue weighted by Gasteiger charge is -2.19. The molecule has 0 radical (unpaired) electrons. The zero-order valence-corrected chi connectivity index (χ0v) is 22.4. The Morgan fingerprint density at radius 3 is 2.03 bits per heavy atom. The molecule has 9 heteroatoms. The summed E-state index contributed by atoms with van der Waals surface area (Å²) in [5.41, 5.74) is 5.23. The first-order valence-electron chi connectivity index (χ1n) is 12.4. The summed E-state index contributed by atoms with van der Waals surface area (Å²) in [5.74, 6) is -0.735. The molecule has 0 heterocycles. The van der Waals surface area contributed by atoms with Gasteiger partial charge in [0.15, 0.2) is 0 Å². The van der Waals surface area contributed by atoms with Crippen molar-refractivity contribution in [2.45, 2.75) is 38.2 Å². The van der Waals surface area contributed by atoms with Gasteiger partial charge in [-0.1, -0.05) is 60.7 Å². The highest BCUT2D eigenvalue weighted by atomic mass is 32.2. The van der Waals surface area contributed by atoms with Crippen molar-refractivity contribution in [3.05, 3.63) is 89.5 Å². The molecule has 4 rings (SSSR count). The second kappa shape index (κ2) is 11.7. The summed E-state index contributed by atoms with van der Waals surface area (Å²) in [6.07, 6.45) is 0.118. The van der Waals surface area contributed by atoms with Gasteiger partial charge in [0.05, 0.1) is 18.8 Å². The lowest BCUT2D eigenvalue weighted by Crippen LogP contribution is -2.31. The standard InChI is InChI=1S/C29H31NO7S/c1-19(2)36-28(31)16-21(20-12-14-22(15-13-20)37-38(3,33)34)17-30-29(32)35-18-27-25-10-6-4-8-23(25)24-9-5-7-11-26(24)27/h4-15,19,21,27H,16-18H2,1-3H3,(H,30,32). The van der Waals surface area contributed by atoms with E-state index >= 15 is 0 Å². The SMILES string of the molecule is CC(C)OC(=O)CC(CNC(=O)OCC1c2ccccc2-c2ccccc21)c1ccc(OS(C)(=O)=O)cc1. The van der Waals surface area contributed by atoms with Crippen LogP contribution in [0.1, 0.15) is 48.8 Å². The summed E-state index contributed by atoms with van der Waals surface area (Å²) >= 11 is 0. The molecule has 0 spiro atoms. The highest BCUT2D eigenvalue weighted by molar-refractivity contribution is 7.86. The Morgan fingerprint density at radius 1 is 0.895 bits per heavy atom. The van der Waals surface area contributed by atoms with Gasteiger partial charge < -0.3 is 19.0 Å². The molecule has 1 atom stereocenters. The average Bonchev–Trinajstić information content (AvgIpc) is 3.18. The first-order valence-corrected chi connectivity index (χ1v) is 14.2. The van der Waals surface area contributed by atoms with Crippen LogP contribution in [0.2, 0.25) is 0 Å². The second-order valence-corrected chi connectivity index (χ2v) is 11.1. The van der Waals surface area contributed by atoms with Crippen molar-refractivity contribution in [3.8, 4) is 16.9 Å². The van der Waals surface area contributed by atoms with Gasteiger partial charge in [0, 0.05) is 18.4 Å². The minimum atomic E-state index is -3.66. The van der Waals surface area contributed by atoms with E-state index < -0.39 is 28.1 Å². The smallest absolute Gasteiger partial charge is 0.407 e. The molecule has 0 saturated carbocycles. The molecule has 0 fully saturated rings. The molecule has 1 unspecified atom stereocenters. The van der Waals surface area contributed by atoms with Crippen LogP contribution in [0.4, 0.5) is 4.79 Å². The van der Waals surface area contributed by atoms with E-state index in [0.29, 0.717) is 5.56 Å². The Bertz CT molecular complexity index is 1350. The van der Waals surface area contributed by atoms with Crippen LogP contribution < -0.4 is 9.50 Å². The molecular formula is C29H31NO7S. The average molecular weight is 538 g/mol. The van der Waals surface area contributed by atoms with Gasteiger partial charge in [-0.05, 0) is 53.8 Å². The summed E-state index contributed by atoms with van der Waals surface area (Å²) in [5, 5.41) is 2.77. The summed E-state index contributed by atoms with van der Waals surface area (Å²) < 4.78 is 38.6. The fourth-order valence-corrected chi connectivity index (χ4v) is 5.11. The van der Waals surface area contributed by atoms with Crippen molar-refractivity contribution in [1.82, 2.24) is 5.32 Å². The van der Waals surface area contributed by atoms with Crippen molar-refractivity contribution in [3.63, 3.8) is 0 Å². The number of carbonyl (C=O) groups excluding carboxylic acids is 2. The molecule has 1 N–H and O–H groups in total. The van der Waals surface area contributed by atoms with E-state index in [2.05, 4.69) is 29.6 Å². The first-order chi connectivity index (χ1) is 18.1. The number of alkyl carbamates (subject to hydrolysis) is 1. The van der Waals surface area contributed by atoms with E-state index in [9.17, 15) is 18.0 Å². The van der Waals surface area contributed by atoms with E-state index in [0.717, 1.165) is 28.5 Å². The molecule has 0 bridgehead atoms. The minimum Gasteiger partial charge on any atom is -0.463 e. The number of carbonyl (C=O) groups is 2. The van der Waals surface area contributed by atoms with Crippen molar-refractivity contribution < 1.29 is 31.7 Å². The van der Waals surface area contributed by atoms with Crippen LogP contribution in [0, 0.1) is 0 Å². The minimum absolute atomic E-state index is 0.0219. The first kappa shape index (κ1) is 27.2. The van der Waals surface area contributed by atoms with Gasteiger partial charge in [-0.2, -0.15) is 8.42 Å². The third-order valence-electron chi connectivity index (χ3n) is 6.22. The van der Waals surface area contributed by atoms with E-state index in [-0.39, 0.29) is 37.3 Å². The predicted octanol–water partition coefficient (Wildman–Crippen LogP) is 4.99. The maximum atomic E-state index is 12.7. The molecule has 38 heavy (non-hydrogen) atoms. The van der Waals surface area contributed by atoms with Crippen molar-refractivity contribution in [1.29, 1.82) is 0 Å². The second-order valence-electron chi connectivity index (χ2n) is 9.50. The molecule has 8 nitrogen and oxygen atoms in total. The molecular weight excluding hydrogens is 506 g/mol. The number of rotatable bonds is 10. The van der Waals surface area contributed by atoms with Gasteiger partial charge in [-0.3, -0.25) is 4.79 Å². The van der Waals surface area contributed by atoms with Crippen LogP contribution in [0.25, 0.3) is 11.1 Å². The van der Waals surface area contributed by atoms with Crippen LogP contribution in [0.5, 0.6) is 5.75 Å². The summed E-state index contributed by atoms with van der Waals surface area (Å²) in [6, 6.07) is 22.5. The molecule has 1 aliphatic carbocycles. The van der Waals surface area contributed by atoms with Gasteiger partial charge in [0.25, 0.3) is 0 Å². The zero-order chi connectivity index (χ0) is 27.3. The molecule has 0 saturated heterocycles. The van der Waals surface area contributed by atoms with Gasteiger partial charge in [-0.15, -0.1) is 0 Å². The number of hydrogen-bond acceptors (Lipinski definition) is 7. The van der Waals surface area contributed by atoms with Crippen LogP contribution >= 0.6 is 0 Å². The van der Waals surface area contributed by atoms with Gasteiger partial charge in [0.1, 0.15) is 12.4 Å². The number of ether oxygens (including phenoxy) is 2. The quantitative estimate of drug-likeness (QED) is 0.287. The molecule has 3 aromatic rings. The number of hydrogen-bond donors (Lipinski definition) is 1. The van der Waals surface area contributed by atoms with Crippen molar-refractivity contribution >= 4 is 22.2 Å². The number of amides is 1. The number of esters is 1. The lowest BCUT2D eigenvalue weighted by molar-refractivity contribution is -0.147. The number of benzene rings is 3. The fraction of sp³-hybridized carbons (Fsp3) is 0.310. The maximum absolute atomic E-state index is 12.7. The van der Waals surface area contributed by atoms with Gasteiger partial charge in [0.2, 0.25) is 0 Å². The van der Waals surface area contributed by atoms with Gasteiger partial charge >= 0.3 is 22.2 Å². The Hall–Kier alpha value is -3.85. The summed E-state index contributed by atoms with van der Waals surface area (Å²) in [6.45, 7) is 3.83. The predicted molar refractivity (Wildman–Crippen MR) is 144 cm³/mol. The number of nitrogens with one attached hydrogen (secondary N) is 1. The fourth-order valence-electron chi connectivity index (χ4n) is 4.65. The summed E-state index contributed by atoms with van der Waals surface area (Å²) in [7, 11) is -3.66. The van der Waals surface area contributed by atoms with Crippen molar-refractivity contribution in [2.24, 2.45) is 0 Å². The lowest BCUT2D eigenvalue weighted by atomic mass is 9.95. The molecule has 0 aromatic heterocycles. The van der Waals surface area contributed by atoms with E-state index in [1.807, 2.05) is 24.3 Å². The van der Waals surface area contributed by atoms with Crippen LogP contribution in [-0.4, -0.2) is 46.0 Å². The summed E-state index contributed by atoms with van der Waals surface area (Å²) in [4.78, 5) is 25.1. The Balaban J connectivity index is 1.41. The molecule has 1 aliphatic rings. The van der Waals surface area contributed by atoms with E-state index in [4.69, 9.17) is 13.7 Å². The highest BCUT2D eigenvalue weighted by Gasteiger charge is 2.29. The Labute approximate surface area is 223 Å². The van der Waals surface area contributed by atoms with E-state index in [1.54, 1.807) is 26.0 Å². The third-order valence-corrected chi connectivity index (χ3v) is 6.71. The van der Waals surface area contributed by atoms with Crippen molar-refractivity contribution in [2.75, 3.05) is 19.4 Å². The van der Waals surface area contributed by atoms with E-state index in [1.165, 1.54) is 12.1 Å². The normalized spacial score (nSPS) is 13.4. The number of fused-ring (bicyclic) bond motifs is 3. The van der Waals surface area contributed by atoms with Gasteiger partial charge in [-0.25, -0.2) is 4.79 Å². The monoisotopic (exact) mass is 537 g/mol. The highest BCUT2D eigenvalue weighted by Crippen LogP contribution is 2.44. The van der Waals surface area contributed by atoms with Crippen LogP contribution in [0.3, 0.4) is 0 Å². The Morgan fingerprint density at radius 2 is 1.47 bits per heavy atom. The van der Waals surface area contributed by atoms with Crippen LogP contribution in [0.15, 0.2) is 72.8 Å². The topological polar surface area (TPSA) is 108 Å². The maximum Gasteiger partial charge on any atom is 0.407 e. The Kier molecular flexibility index (Phi) is 8.36. The third kappa shape index (κ3) is 6.92. The largest absolute Gasteiger partial charge is 0.463 e. The molecule has 200 valence electrons. The van der Waals surface area contributed by atoms with Crippen LogP contribution in [-0.2, 0) is 24.4 Å².